The number of nitrogens with one attached hydrogen (secondary N) is 1. The van der Waals surface area contributed by atoms with Crippen LogP contribution in [0.2, 0.25) is 0 Å². The lowest BCUT2D eigenvalue weighted by Gasteiger charge is -2.33. The topological polar surface area (TPSA) is 93.5 Å². The van der Waals surface area contributed by atoms with E-state index in [4.69, 9.17) is 4.74 Å². The Kier molecular flexibility index (Phi) is 6.10. The van der Waals surface area contributed by atoms with Gasteiger partial charge in [0.1, 0.15) is 5.69 Å². The fraction of sp³-hybridized carbons (Fsp3) is 0.688. The molecule has 9 heteroatoms. The summed E-state index contributed by atoms with van der Waals surface area (Å²) in [6.07, 6.45) is -1.22. The molecule has 1 aliphatic heterocycles. The van der Waals surface area contributed by atoms with Crippen LogP contribution >= 0.6 is 0 Å². The van der Waals surface area contributed by atoms with Crippen molar-refractivity contribution in [1.29, 1.82) is 0 Å². The Morgan fingerprint density at radius 1 is 1.40 bits per heavy atom. The van der Waals surface area contributed by atoms with E-state index in [1.54, 1.807) is 0 Å². The standard InChI is InChI=1S/C16H23F2N3O4/c1-10(2)8-21-12(13(17)18)11(7-20-21)14(22)19-9-16(15(23)24)3-5-25-6-4-16/h7,10,13H,3-6,8-9H2,1-2H3,(H,19,22)(H,23,24). The molecule has 140 valence electrons. The van der Waals surface area contributed by atoms with Crippen molar-refractivity contribution in [2.75, 3.05) is 19.8 Å². The number of aromatic nitrogens is 2. The van der Waals surface area contributed by atoms with Crippen LogP contribution in [-0.4, -0.2) is 46.5 Å². The summed E-state index contributed by atoms with van der Waals surface area (Å²) in [7, 11) is 0. The van der Waals surface area contributed by atoms with Gasteiger partial charge in [0.15, 0.2) is 0 Å². The van der Waals surface area contributed by atoms with Crippen molar-refractivity contribution in [3.63, 3.8) is 0 Å². The van der Waals surface area contributed by atoms with E-state index in [9.17, 15) is 23.5 Å². The first kappa shape index (κ1) is 19.3. The summed E-state index contributed by atoms with van der Waals surface area (Å²) >= 11 is 0. The van der Waals surface area contributed by atoms with E-state index in [0.717, 1.165) is 10.9 Å². The molecule has 1 saturated heterocycles. The SMILES string of the molecule is CC(C)Cn1ncc(C(=O)NCC2(C(=O)O)CCOCC2)c1C(F)F. The van der Waals surface area contributed by atoms with Crippen LogP contribution in [0, 0.1) is 11.3 Å². The van der Waals surface area contributed by atoms with Gasteiger partial charge < -0.3 is 15.2 Å². The van der Waals surface area contributed by atoms with Gasteiger partial charge in [-0.15, -0.1) is 0 Å². The zero-order valence-electron chi connectivity index (χ0n) is 14.3. The molecule has 1 aromatic heterocycles. The molecule has 0 atom stereocenters. The number of alkyl halides is 2. The summed E-state index contributed by atoms with van der Waals surface area (Å²) in [6.45, 7) is 4.43. The number of carbonyl (C=O) groups is 2. The minimum absolute atomic E-state index is 0.0887. The van der Waals surface area contributed by atoms with E-state index in [0.29, 0.717) is 0 Å². The van der Waals surface area contributed by atoms with E-state index in [-0.39, 0.29) is 50.6 Å². The smallest absolute Gasteiger partial charge is 0.311 e. The summed E-state index contributed by atoms with van der Waals surface area (Å²) in [5, 5.41) is 15.9. The minimum atomic E-state index is -2.85. The van der Waals surface area contributed by atoms with Gasteiger partial charge in [0, 0.05) is 26.3 Å². The van der Waals surface area contributed by atoms with Crippen LogP contribution in [0.5, 0.6) is 0 Å². The second-order valence-electron chi connectivity index (χ2n) is 6.70. The Morgan fingerprint density at radius 3 is 2.56 bits per heavy atom. The highest BCUT2D eigenvalue weighted by Gasteiger charge is 2.40. The van der Waals surface area contributed by atoms with Gasteiger partial charge in [-0.1, -0.05) is 13.8 Å². The number of carboxylic acids is 1. The summed E-state index contributed by atoms with van der Waals surface area (Å²) < 4.78 is 33.1. The molecular weight excluding hydrogens is 336 g/mol. The number of nitrogens with zero attached hydrogens (tertiary/aromatic N) is 2. The fourth-order valence-electron chi connectivity index (χ4n) is 2.86. The summed E-state index contributed by atoms with van der Waals surface area (Å²) in [5.41, 5.74) is -1.79. The largest absolute Gasteiger partial charge is 0.481 e. The van der Waals surface area contributed by atoms with Crippen molar-refractivity contribution >= 4 is 11.9 Å². The molecule has 0 aromatic carbocycles. The zero-order chi connectivity index (χ0) is 18.6. The molecular formula is C16H23F2N3O4. The molecule has 1 aromatic rings. The Hall–Kier alpha value is -2.03. The number of carboxylic acid groups (broad SMARTS) is 1. The van der Waals surface area contributed by atoms with Crippen molar-refractivity contribution < 1.29 is 28.2 Å². The van der Waals surface area contributed by atoms with Gasteiger partial charge >= 0.3 is 5.97 Å². The first-order chi connectivity index (χ1) is 11.8. The number of amides is 1. The van der Waals surface area contributed by atoms with Crippen molar-refractivity contribution in [3.05, 3.63) is 17.5 Å². The van der Waals surface area contributed by atoms with Crippen molar-refractivity contribution in [1.82, 2.24) is 15.1 Å². The van der Waals surface area contributed by atoms with Gasteiger partial charge in [-0.3, -0.25) is 14.3 Å². The van der Waals surface area contributed by atoms with Crippen LogP contribution in [0.15, 0.2) is 6.20 Å². The van der Waals surface area contributed by atoms with Gasteiger partial charge in [0.05, 0.1) is 17.2 Å². The second kappa shape index (κ2) is 7.90. The molecule has 1 fully saturated rings. The molecule has 0 saturated carbocycles. The lowest BCUT2D eigenvalue weighted by Crippen LogP contribution is -2.46. The van der Waals surface area contributed by atoms with E-state index in [1.807, 2.05) is 13.8 Å². The number of hydrogen-bond acceptors (Lipinski definition) is 4. The molecule has 2 N–H and O–H groups in total. The fourth-order valence-corrected chi connectivity index (χ4v) is 2.86. The molecule has 1 amide bonds. The van der Waals surface area contributed by atoms with Gasteiger partial charge in [-0.25, -0.2) is 8.78 Å². The normalized spacial score (nSPS) is 17.0. The molecule has 25 heavy (non-hydrogen) atoms. The Morgan fingerprint density at radius 2 is 2.04 bits per heavy atom. The number of halogens is 2. The third-order valence-electron chi connectivity index (χ3n) is 4.36. The maximum atomic E-state index is 13.4. The summed E-state index contributed by atoms with van der Waals surface area (Å²) in [4.78, 5) is 23.9. The summed E-state index contributed by atoms with van der Waals surface area (Å²) in [6, 6.07) is 0. The molecule has 0 radical (unpaired) electrons. The zero-order valence-corrected chi connectivity index (χ0v) is 14.3. The van der Waals surface area contributed by atoms with Crippen molar-refractivity contribution in [2.45, 2.75) is 39.7 Å². The van der Waals surface area contributed by atoms with Crippen LogP contribution in [-0.2, 0) is 16.1 Å². The van der Waals surface area contributed by atoms with Gasteiger partial charge in [0.25, 0.3) is 12.3 Å². The number of hydrogen-bond donors (Lipinski definition) is 2. The van der Waals surface area contributed by atoms with E-state index >= 15 is 0 Å². The lowest BCUT2D eigenvalue weighted by atomic mass is 9.80. The van der Waals surface area contributed by atoms with E-state index in [1.165, 1.54) is 0 Å². The Bertz CT molecular complexity index is 625. The van der Waals surface area contributed by atoms with Crippen LogP contribution in [0.4, 0.5) is 8.78 Å². The molecule has 0 unspecified atom stereocenters. The van der Waals surface area contributed by atoms with Crippen molar-refractivity contribution in [2.24, 2.45) is 11.3 Å². The highest BCUT2D eigenvalue weighted by molar-refractivity contribution is 5.95. The minimum Gasteiger partial charge on any atom is -0.481 e. The molecule has 7 nitrogen and oxygen atoms in total. The van der Waals surface area contributed by atoms with Gasteiger partial charge in [0.2, 0.25) is 0 Å². The monoisotopic (exact) mass is 359 g/mol. The van der Waals surface area contributed by atoms with Crippen LogP contribution in [0.25, 0.3) is 0 Å². The molecule has 2 heterocycles. The van der Waals surface area contributed by atoms with Crippen LogP contribution < -0.4 is 5.32 Å². The molecule has 0 bridgehead atoms. The van der Waals surface area contributed by atoms with E-state index in [2.05, 4.69) is 10.4 Å². The first-order valence-electron chi connectivity index (χ1n) is 8.20. The third kappa shape index (κ3) is 4.33. The maximum Gasteiger partial charge on any atom is 0.311 e. The third-order valence-corrected chi connectivity index (χ3v) is 4.36. The highest BCUT2D eigenvalue weighted by Crippen LogP contribution is 2.30. The van der Waals surface area contributed by atoms with Crippen molar-refractivity contribution in [3.8, 4) is 0 Å². The summed E-state index contributed by atoms with van der Waals surface area (Å²) in [5.74, 6) is -1.68. The highest BCUT2D eigenvalue weighted by atomic mass is 19.3. The predicted octanol–water partition coefficient (Wildman–Crippen LogP) is 2.09. The molecule has 1 aliphatic rings. The van der Waals surface area contributed by atoms with Crippen LogP contribution in [0.3, 0.4) is 0 Å². The Labute approximate surface area is 144 Å². The maximum absolute atomic E-state index is 13.4. The van der Waals surface area contributed by atoms with E-state index < -0.39 is 29.4 Å². The average molecular weight is 359 g/mol. The number of ether oxygens (including phenoxy) is 1. The lowest BCUT2D eigenvalue weighted by molar-refractivity contribution is -0.154. The molecule has 0 aliphatic carbocycles. The number of rotatable bonds is 7. The average Bonchev–Trinajstić information content (AvgIpc) is 2.96. The number of carbonyl (C=O) groups excluding carboxylic acids is 1. The van der Waals surface area contributed by atoms with Gasteiger partial charge in [-0.2, -0.15) is 5.10 Å². The molecule has 2 rings (SSSR count). The quantitative estimate of drug-likeness (QED) is 0.777. The van der Waals surface area contributed by atoms with Gasteiger partial charge in [-0.05, 0) is 18.8 Å². The molecule has 0 spiro atoms. The predicted molar refractivity (Wildman–Crippen MR) is 84.5 cm³/mol. The number of aliphatic carboxylic acids is 1. The first-order valence-corrected chi connectivity index (χ1v) is 8.20. The second-order valence-corrected chi connectivity index (χ2v) is 6.70. The van der Waals surface area contributed by atoms with Crippen LogP contribution in [0.1, 0.15) is 49.2 Å². The Balaban J connectivity index is 2.15.